The van der Waals surface area contributed by atoms with Crippen molar-refractivity contribution in [3.05, 3.63) is 47.9 Å². The summed E-state index contributed by atoms with van der Waals surface area (Å²) in [7, 11) is 0. The molecule has 2 amide bonds. The maximum atomic E-state index is 13.3. The Kier molecular flexibility index (Phi) is 4.59. The third-order valence-electron chi connectivity index (χ3n) is 7.31. The van der Waals surface area contributed by atoms with Gasteiger partial charge in [-0.2, -0.15) is 5.10 Å². The van der Waals surface area contributed by atoms with E-state index >= 15 is 0 Å². The fourth-order valence-corrected chi connectivity index (χ4v) is 5.51. The maximum Gasteiger partial charge on any atom is 0.261 e. The average molecular weight is 461 g/mol. The molecule has 6 rings (SSSR count). The Labute approximate surface area is 197 Å². The molecule has 1 aromatic carbocycles. The molecule has 2 N–H and O–H groups in total. The number of rotatable bonds is 3. The number of fused-ring (bicyclic) bond motifs is 2. The molecular formula is C25H28N6O3. The van der Waals surface area contributed by atoms with Gasteiger partial charge in [-0.1, -0.05) is 0 Å². The van der Waals surface area contributed by atoms with Crippen molar-refractivity contribution in [2.24, 2.45) is 5.41 Å². The number of anilines is 2. The summed E-state index contributed by atoms with van der Waals surface area (Å²) in [6, 6.07) is 5.88. The number of nitrogens with zero attached hydrogens (tertiary/aromatic N) is 4. The van der Waals surface area contributed by atoms with Crippen LogP contribution in [0.4, 0.5) is 11.4 Å². The van der Waals surface area contributed by atoms with Gasteiger partial charge in [0.1, 0.15) is 16.9 Å². The number of hydrogen-bond donors (Lipinski definition) is 2. The quantitative estimate of drug-likeness (QED) is 0.623. The summed E-state index contributed by atoms with van der Waals surface area (Å²) in [6.07, 6.45) is 8.22. The van der Waals surface area contributed by atoms with Crippen molar-refractivity contribution in [3.8, 4) is 5.75 Å². The molecule has 2 saturated heterocycles. The van der Waals surface area contributed by atoms with Gasteiger partial charge in [-0.15, -0.1) is 0 Å². The lowest BCUT2D eigenvalue weighted by Crippen LogP contribution is -2.41. The van der Waals surface area contributed by atoms with Crippen LogP contribution < -0.4 is 20.3 Å². The monoisotopic (exact) mass is 460 g/mol. The lowest BCUT2D eigenvalue weighted by molar-refractivity contribution is -0.119. The minimum Gasteiger partial charge on any atom is -0.487 e. The molecule has 0 aliphatic carbocycles. The van der Waals surface area contributed by atoms with Gasteiger partial charge in [0.05, 0.1) is 17.6 Å². The molecule has 0 saturated carbocycles. The van der Waals surface area contributed by atoms with E-state index in [1.54, 1.807) is 29.2 Å². The smallest absolute Gasteiger partial charge is 0.261 e. The molecule has 9 nitrogen and oxygen atoms in total. The highest BCUT2D eigenvalue weighted by Gasteiger charge is 2.41. The summed E-state index contributed by atoms with van der Waals surface area (Å²) in [6.45, 7) is 6.54. The number of aromatic nitrogens is 3. The third-order valence-corrected chi connectivity index (χ3v) is 7.31. The van der Waals surface area contributed by atoms with Crippen LogP contribution >= 0.6 is 0 Å². The first-order valence-electron chi connectivity index (χ1n) is 11.8. The van der Waals surface area contributed by atoms with E-state index < -0.39 is 0 Å². The number of nitrogens with one attached hydrogen (secondary N) is 2. The fraction of sp³-hybridized carbons (Fsp3) is 0.440. The molecule has 0 atom stereocenters. The summed E-state index contributed by atoms with van der Waals surface area (Å²) >= 11 is 0. The van der Waals surface area contributed by atoms with E-state index in [1.165, 1.54) is 0 Å². The zero-order chi connectivity index (χ0) is 23.5. The summed E-state index contributed by atoms with van der Waals surface area (Å²) in [5.41, 5.74) is 3.51. The second kappa shape index (κ2) is 7.44. The van der Waals surface area contributed by atoms with Crippen molar-refractivity contribution >= 4 is 28.8 Å². The zero-order valence-corrected chi connectivity index (χ0v) is 19.4. The highest BCUT2D eigenvalue weighted by Crippen LogP contribution is 2.44. The molecule has 34 heavy (non-hydrogen) atoms. The number of amides is 2. The second-order valence-corrected chi connectivity index (χ2v) is 10.4. The lowest BCUT2D eigenvalue weighted by atomic mass is 9.77. The predicted octanol–water partition coefficient (Wildman–Crippen LogP) is 2.80. The highest BCUT2D eigenvalue weighted by atomic mass is 16.5. The Bertz CT molecular complexity index is 1310. The van der Waals surface area contributed by atoms with Crippen LogP contribution in [0.2, 0.25) is 0 Å². The van der Waals surface area contributed by atoms with Gasteiger partial charge in [0.25, 0.3) is 5.91 Å². The van der Waals surface area contributed by atoms with Crippen molar-refractivity contribution in [1.29, 1.82) is 0 Å². The molecular weight excluding hydrogens is 432 g/mol. The first-order valence-corrected chi connectivity index (χ1v) is 11.8. The molecule has 1 spiro atoms. The molecule has 9 heteroatoms. The van der Waals surface area contributed by atoms with Gasteiger partial charge in [0.15, 0.2) is 5.65 Å². The minimum absolute atomic E-state index is 0.0506. The van der Waals surface area contributed by atoms with E-state index in [2.05, 4.69) is 45.5 Å². The molecule has 2 aromatic heterocycles. The van der Waals surface area contributed by atoms with Crippen molar-refractivity contribution in [2.75, 3.05) is 29.9 Å². The van der Waals surface area contributed by atoms with Gasteiger partial charge in [0.2, 0.25) is 5.91 Å². The summed E-state index contributed by atoms with van der Waals surface area (Å²) in [5, 5.41) is 10.4. The first-order chi connectivity index (χ1) is 16.3. The number of hydrogen-bond acceptors (Lipinski definition) is 6. The van der Waals surface area contributed by atoms with Gasteiger partial charge in [-0.25, -0.2) is 9.50 Å². The van der Waals surface area contributed by atoms with E-state index in [9.17, 15) is 9.59 Å². The van der Waals surface area contributed by atoms with Gasteiger partial charge in [-0.3, -0.25) is 9.59 Å². The fourth-order valence-electron chi connectivity index (χ4n) is 5.51. The lowest BCUT2D eigenvalue weighted by Gasteiger charge is -2.40. The number of carbonyl (C=O) groups is 2. The summed E-state index contributed by atoms with van der Waals surface area (Å²) in [5.74, 6) is 0.775. The Balaban J connectivity index is 1.32. The molecule has 0 radical (unpaired) electrons. The highest BCUT2D eigenvalue weighted by molar-refractivity contribution is 6.09. The largest absolute Gasteiger partial charge is 0.487 e. The standard InChI is InChI=1S/C25H28N6O3/c1-24(2)12-16-10-18(29-23(33)17-14-28-31-7-3-6-26-22(17)31)19(11-20(16)34-24)30-8-4-25(5-9-30)13-21(32)27-15-25/h3,6-7,10-11,14H,4-5,8-9,12-13,15H2,1-2H3,(H,27,32)(H,29,33). The molecule has 2 fully saturated rings. The summed E-state index contributed by atoms with van der Waals surface area (Å²) in [4.78, 5) is 31.7. The van der Waals surface area contributed by atoms with Crippen molar-refractivity contribution in [2.45, 2.75) is 45.1 Å². The molecule has 5 heterocycles. The van der Waals surface area contributed by atoms with E-state index in [1.807, 2.05) is 6.07 Å². The predicted molar refractivity (Wildman–Crippen MR) is 127 cm³/mol. The van der Waals surface area contributed by atoms with Gasteiger partial charge < -0.3 is 20.3 Å². The molecule has 3 aromatic rings. The Hall–Kier alpha value is -3.62. The average Bonchev–Trinajstić information content (AvgIpc) is 3.47. The molecule has 3 aliphatic rings. The van der Waals surface area contributed by atoms with Crippen LogP contribution in [-0.2, 0) is 11.2 Å². The van der Waals surface area contributed by atoms with Gasteiger partial charge in [0, 0.05) is 56.5 Å². The molecule has 3 aliphatic heterocycles. The van der Waals surface area contributed by atoms with E-state index in [-0.39, 0.29) is 22.8 Å². The van der Waals surface area contributed by atoms with Crippen LogP contribution in [-0.4, -0.2) is 51.6 Å². The van der Waals surface area contributed by atoms with E-state index in [4.69, 9.17) is 4.74 Å². The Morgan fingerprint density at radius 1 is 1.21 bits per heavy atom. The Morgan fingerprint density at radius 3 is 2.79 bits per heavy atom. The molecule has 176 valence electrons. The minimum atomic E-state index is -0.281. The number of benzene rings is 1. The van der Waals surface area contributed by atoms with Crippen molar-refractivity contribution in [3.63, 3.8) is 0 Å². The van der Waals surface area contributed by atoms with Crippen LogP contribution in [0.1, 0.15) is 49.0 Å². The maximum absolute atomic E-state index is 13.3. The van der Waals surface area contributed by atoms with Crippen LogP contribution in [0.5, 0.6) is 5.75 Å². The zero-order valence-electron chi connectivity index (χ0n) is 19.4. The Morgan fingerprint density at radius 2 is 2.03 bits per heavy atom. The van der Waals surface area contributed by atoms with Crippen molar-refractivity contribution < 1.29 is 14.3 Å². The van der Waals surface area contributed by atoms with Gasteiger partial charge in [-0.05, 0) is 44.2 Å². The summed E-state index contributed by atoms with van der Waals surface area (Å²) < 4.78 is 7.80. The van der Waals surface area contributed by atoms with Crippen LogP contribution in [0.15, 0.2) is 36.8 Å². The van der Waals surface area contributed by atoms with Crippen LogP contribution in [0.3, 0.4) is 0 Å². The van der Waals surface area contributed by atoms with Crippen molar-refractivity contribution in [1.82, 2.24) is 19.9 Å². The number of ether oxygens (including phenoxy) is 1. The van der Waals surface area contributed by atoms with Gasteiger partial charge >= 0.3 is 0 Å². The van der Waals surface area contributed by atoms with Crippen LogP contribution in [0.25, 0.3) is 5.65 Å². The third kappa shape index (κ3) is 3.55. The first kappa shape index (κ1) is 20.9. The second-order valence-electron chi connectivity index (χ2n) is 10.4. The molecule has 0 bridgehead atoms. The molecule has 0 unspecified atom stereocenters. The SMILES string of the molecule is CC1(C)Cc2cc(NC(=O)c3cnn4cccnc34)c(N3CCC4(CC3)CNC(=O)C4)cc2O1. The van der Waals surface area contributed by atoms with E-state index in [0.29, 0.717) is 17.6 Å². The normalized spacial score (nSPS) is 20.3. The topological polar surface area (TPSA) is 101 Å². The number of piperidine rings is 1. The number of carbonyl (C=O) groups excluding carboxylic acids is 2. The van der Waals surface area contributed by atoms with Crippen LogP contribution in [0, 0.1) is 5.41 Å². The van der Waals surface area contributed by atoms with E-state index in [0.717, 1.165) is 61.6 Å².